The summed E-state index contributed by atoms with van der Waals surface area (Å²) in [5.41, 5.74) is 2.50. The fourth-order valence-corrected chi connectivity index (χ4v) is 3.23. The van der Waals surface area contributed by atoms with Crippen LogP contribution in [0.2, 0.25) is 0 Å². The van der Waals surface area contributed by atoms with Gasteiger partial charge in [-0.15, -0.1) is 0 Å². The Bertz CT molecular complexity index is 906. The van der Waals surface area contributed by atoms with Crippen molar-refractivity contribution in [2.45, 2.75) is 19.4 Å². The van der Waals surface area contributed by atoms with Crippen molar-refractivity contribution < 1.29 is 4.79 Å². The summed E-state index contributed by atoms with van der Waals surface area (Å²) in [6.45, 7) is 2.25. The average molecular weight is 358 g/mol. The molecule has 5 heteroatoms. The highest BCUT2D eigenvalue weighted by molar-refractivity contribution is 5.93. The van der Waals surface area contributed by atoms with E-state index in [1.807, 2.05) is 53.4 Å². The van der Waals surface area contributed by atoms with Crippen LogP contribution in [0.5, 0.6) is 0 Å². The molecule has 5 nitrogen and oxygen atoms in total. The van der Waals surface area contributed by atoms with Gasteiger partial charge in [0, 0.05) is 31.3 Å². The molecule has 0 bridgehead atoms. The number of benzene rings is 2. The van der Waals surface area contributed by atoms with E-state index in [-0.39, 0.29) is 5.91 Å². The van der Waals surface area contributed by atoms with Gasteiger partial charge in [-0.25, -0.2) is 9.97 Å². The minimum atomic E-state index is -0.0187. The number of rotatable bonds is 5. The average Bonchev–Trinajstić information content (AvgIpc) is 3.28. The van der Waals surface area contributed by atoms with Gasteiger partial charge in [-0.05, 0) is 18.4 Å². The molecule has 0 spiro atoms. The van der Waals surface area contributed by atoms with Crippen LogP contribution >= 0.6 is 0 Å². The first-order valence-electron chi connectivity index (χ1n) is 9.31. The molecule has 1 aliphatic rings. The van der Waals surface area contributed by atoms with E-state index in [2.05, 4.69) is 27.4 Å². The zero-order valence-electron chi connectivity index (χ0n) is 15.1. The Kier molecular flexibility index (Phi) is 5.10. The largest absolute Gasteiger partial charge is 0.366 e. The SMILES string of the molecule is O=C(c1cc(NCc2ccccc2)nc(-c2ccccc2)n1)N1CCCC1. The number of aromatic nitrogens is 2. The van der Waals surface area contributed by atoms with E-state index in [4.69, 9.17) is 0 Å². The van der Waals surface area contributed by atoms with Crippen LogP contribution in [-0.4, -0.2) is 33.9 Å². The molecule has 2 heterocycles. The van der Waals surface area contributed by atoms with Crippen molar-refractivity contribution in [1.29, 1.82) is 0 Å². The van der Waals surface area contributed by atoms with Gasteiger partial charge < -0.3 is 10.2 Å². The number of carbonyl (C=O) groups excluding carboxylic acids is 1. The van der Waals surface area contributed by atoms with Gasteiger partial charge in [0.2, 0.25) is 0 Å². The molecule has 0 aliphatic carbocycles. The van der Waals surface area contributed by atoms with Crippen molar-refractivity contribution in [2.24, 2.45) is 0 Å². The van der Waals surface area contributed by atoms with Crippen molar-refractivity contribution in [2.75, 3.05) is 18.4 Å². The highest BCUT2D eigenvalue weighted by Gasteiger charge is 2.22. The molecule has 1 fully saturated rings. The molecule has 1 aliphatic heterocycles. The topological polar surface area (TPSA) is 58.1 Å². The molecule has 0 radical (unpaired) electrons. The summed E-state index contributed by atoms with van der Waals surface area (Å²) < 4.78 is 0. The number of nitrogens with one attached hydrogen (secondary N) is 1. The van der Waals surface area contributed by atoms with Gasteiger partial charge in [0.25, 0.3) is 5.91 Å². The molecule has 1 saturated heterocycles. The Morgan fingerprint density at radius 2 is 1.59 bits per heavy atom. The van der Waals surface area contributed by atoms with Crippen molar-refractivity contribution in [1.82, 2.24) is 14.9 Å². The van der Waals surface area contributed by atoms with Crippen molar-refractivity contribution in [3.05, 3.63) is 78.0 Å². The van der Waals surface area contributed by atoms with E-state index >= 15 is 0 Å². The number of nitrogens with zero attached hydrogens (tertiary/aromatic N) is 3. The van der Waals surface area contributed by atoms with Crippen LogP contribution in [0.1, 0.15) is 28.9 Å². The minimum absolute atomic E-state index is 0.0187. The van der Waals surface area contributed by atoms with Crippen LogP contribution in [0.4, 0.5) is 5.82 Å². The Labute approximate surface area is 159 Å². The Morgan fingerprint density at radius 3 is 2.30 bits per heavy atom. The second-order valence-corrected chi connectivity index (χ2v) is 6.67. The van der Waals surface area contributed by atoms with Crippen molar-refractivity contribution >= 4 is 11.7 Å². The fourth-order valence-electron chi connectivity index (χ4n) is 3.23. The molecule has 2 aromatic carbocycles. The summed E-state index contributed by atoms with van der Waals surface area (Å²) in [5, 5.41) is 3.34. The third-order valence-corrected chi connectivity index (χ3v) is 4.69. The quantitative estimate of drug-likeness (QED) is 0.749. The summed E-state index contributed by atoms with van der Waals surface area (Å²) >= 11 is 0. The lowest BCUT2D eigenvalue weighted by molar-refractivity contribution is 0.0787. The molecule has 136 valence electrons. The predicted octanol–water partition coefficient (Wildman–Crippen LogP) is 3.99. The second kappa shape index (κ2) is 7.99. The lowest BCUT2D eigenvalue weighted by atomic mass is 10.2. The second-order valence-electron chi connectivity index (χ2n) is 6.67. The van der Waals surface area contributed by atoms with E-state index in [0.717, 1.165) is 37.1 Å². The van der Waals surface area contributed by atoms with Crippen LogP contribution in [0.3, 0.4) is 0 Å². The maximum Gasteiger partial charge on any atom is 0.272 e. The van der Waals surface area contributed by atoms with Gasteiger partial charge in [0.15, 0.2) is 5.82 Å². The summed E-state index contributed by atoms with van der Waals surface area (Å²) in [6.07, 6.45) is 2.11. The molecule has 27 heavy (non-hydrogen) atoms. The van der Waals surface area contributed by atoms with Crippen molar-refractivity contribution in [3.8, 4) is 11.4 Å². The molecule has 0 unspecified atom stereocenters. The van der Waals surface area contributed by atoms with Crippen LogP contribution in [-0.2, 0) is 6.54 Å². The van der Waals surface area contributed by atoms with Gasteiger partial charge in [0.1, 0.15) is 11.5 Å². The predicted molar refractivity (Wildman–Crippen MR) is 106 cm³/mol. The van der Waals surface area contributed by atoms with E-state index < -0.39 is 0 Å². The van der Waals surface area contributed by atoms with Gasteiger partial charge >= 0.3 is 0 Å². The lowest BCUT2D eigenvalue weighted by Crippen LogP contribution is -2.28. The minimum Gasteiger partial charge on any atom is -0.366 e. The first-order valence-corrected chi connectivity index (χ1v) is 9.31. The number of carbonyl (C=O) groups is 1. The van der Waals surface area contributed by atoms with Crippen LogP contribution in [0, 0.1) is 0 Å². The zero-order valence-corrected chi connectivity index (χ0v) is 15.1. The third kappa shape index (κ3) is 4.14. The zero-order chi connectivity index (χ0) is 18.5. The van der Waals surface area contributed by atoms with Gasteiger partial charge in [0.05, 0.1) is 0 Å². The molecule has 1 N–H and O–H groups in total. The van der Waals surface area contributed by atoms with Crippen LogP contribution in [0.25, 0.3) is 11.4 Å². The number of hydrogen-bond acceptors (Lipinski definition) is 4. The Morgan fingerprint density at radius 1 is 0.926 bits per heavy atom. The highest BCUT2D eigenvalue weighted by atomic mass is 16.2. The number of amides is 1. The van der Waals surface area contributed by atoms with Gasteiger partial charge in [-0.2, -0.15) is 0 Å². The number of anilines is 1. The molecule has 0 atom stereocenters. The van der Waals surface area contributed by atoms with E-state index in [9.17, 15) is 4.79 Å². The molecule has 0 saturated carbocycles. The molecular weight excluding hydrogens is 336 g/mol. The van der Waals surface area contributed by atoms with Crippen LogP contribution in [0.15, 0.2) is 66.7 Å². The molecule has 1 amide bonds. The molecule has 4 rings (SSSR count). The summed E-state index contributed by atoms with van der Waals surface area (Å²) in [5.74, 6) is 1.21. The van der Waals surface area contributed by atoms with Crippen LogP contribution < -0.4 is 5.32 Å². The number of likely N-dealkylation sites (tertiary alicyclic amines) is 1. The fraction of sp³-hybridized carbons (Fsp3) is 0.227. The lowest BCUT2D eigenvalue weighted by Gasteiger charge is -2.16. The van der Waals surface area contributed by atoms with Crippen molar-refractivity contribution in [3.63, 3.8) is 0 Å². The highest BCUT2D eigenvalue weighted by Crippen LogP contribution is 2.20. The smallest absolute Gasteiger partial charge is 0.272 e. The maximum absolute atomic E-state index is 12.9. The normalized spacial score (nSPS) is 13.6. The summed E-state index contributed by atoms with van der Waals surface area (Å²) in [4.78, 5) is 23.9. The summed E-state index contributed by atoms with van der Waals surface area (Å²) in [7, 11) is 0. The molecular formula is C22H22N4O. The Hall–Kier alpha value is -3.21. The van der Waals surface area contributed by atoms with E-state index in [1.165, 1.54) is 0 Å². The summed E-state index contributed by atoms with van der Waals surface area (Å²) in [6, 6.07) is 21.7. The first kappa shape index (κ1) is 17.2. The van der Waals surface area contributed by atoms with E-state index in [0.29, 0.717) is 23.9 Å². The maximum atomic E-state index is 12.9. The monoisotopic (exact) mass is 358 g/mol. The Balaban J connectivity index is 1.64. The molecule has 3 aromatic rings. The van der Waals surface area contributed by atoms with Gasteiger partial charge in [-0.3, -0.25) is 4.79 Å². The molecule has 1 aromatic heterocycles. The first-order chi connectivity index (χ1) is 13.3. The standard InChI is InChI=1S/C22H22N4O/c27-22(26-13-7-8-14-26)19-15-20(23-16-17-9-3-1-4-10-17)25-21(24-19)18-11-5-2-6-12-18/h1-6,9-12,15H,7-8,13-14,16H2,(H,23,24,25). The number of hydrogen-bond donors (Lipinski definition) is 1. The van der Waals surface area contributed by atoms with Gasteiger partial charge in [-0.1, -0.05) is 60.7 Å². The van der Waals surface area contributed by atoms with E-state index in [1.54, 1.807) is 6.07 Å². The third-order valence-electron chi connectivity index (χ3n) is 4.69.